The number of ether oxygens (including phenoxy) is 1. The SMILES string of the molecule is Cc1nn(-c2ccc(C(=O)NCC3CCCOC3)cc2)c(C)c1CCC(=O)O. The monoisotopic (exact) mass is 385 g/mol. The number of carboxylic acids is 1. The molecule has 0 radical (unpaired) electrons. The highest BCUT2D eigenvalue weighted by molar-refractivity contribution is 5.94. The van der Waals surface area contributed by atoms with Crippen LogP contribution in [-0.4, -0.2) is 46.5 Å². The zero-order chi connectivity index (χ0) is 20.1. The molecule has 1 fully saturated rings. The number of carbonyl (C=O) groups is 2. The number of aliphatic carboxylic acids is 1. The first-order chi connectivity index (χ1) is 13.5. The third kappa shape index (κ3) is 4.78. The molecule has 0 bridgehead atoms. The van der Waals surface area contributed by atoms with Gasteiger partial charge in [0, 0.05) is 30.8 Å². The van der Waals surface area contributed by atoms with Crippen LogP contribution in [0.1, 0.15) is 46.6 Å². The van der Waals surface area contributed by atoms with Gasteiger partial charge in [-0.3, -0.25) is 9.59 Å². The highest BCUT2D eigenvalue weighted by atomic mass is 16.5. The van der Waals surface area contributed by atoms with Crippen molar-refractivity contribution in [2.24, 2.45) is 5.92 Å². The van der Waals surface area contributed by atoms with Crippen LogP contribution in [0.2, 0.25) is 0 Å². The van der Waals surface area contributed by atoms with Crippen LogP contribution in [0.5, 0.6) is 0 Å². The topological polar surface area (TPSA) is 93.5 Å². The summed E-state index contributed by atoms with van der Waals surface area (Å²) < 4.78 is 7.24. The molecule has 3 rings (SSSR count). The number of nitrogens with one attached hydrogen (secondary N) is 1. The Morgan fingerprint density at radius 3 is 2.68 bits per heavy atom. The maximum absolute atomic E-state index is 12.4. The quantitative estimate of drug-likeness (QED) is 0.764. The predicted molar refractivity (Wildman–Crippen MR) is 105 cm³/mol. The Morgan fingerprint density at radius 1 is 1.29 bits per heavy atom. The fraction of sp³-hybridized carbons (Fsp3) is 0.476. The summed E-state index contributed by atoms with van der Waals surface area (Å²) >= 11 is 0. The zero-order valence-corrected chi connectivity index (χ0v) is 16.4. The van der Waals surface area contributed by atoms with Crippen LogP contribution in [0.4, 0.5) is 0 Å². The Bertz CT molecular complexity index is 836. The minimum absolute atomic E-state index is 0.0819. The van der Waals surface area contributed by atoms with Gasteiger partial charge in [0.25, 0.3) is 5.91 Å². The van der Waals surface area contributed by atoms with Crippen molar-refractivity contribution in [1.29, 1.82) is 0 Å². The van der Waals surface area contributed by atoms with E-state index in [9.17, 15) is 9.59 Å². The van der Waals surface area contributed by atoms with Gasteiger partial charge < -0.3 is 15.2 Å². The molecular weight excluding hydrogens is 358 g/mol. The third-order valence-electron chi connectivity index (χ3n) is 5.21. The number of aryl methyl sites for hydroxylation is 1. The molecule has 1 atom stereocenters. The smallest absolute Gasteiger partial charge is 0.303 e. The number of hydrogen-bond acceptors (Lipinski definition) is 4. The van der Waals surface area contributed by atoms with E-state index >= 15 is 0 Å². The summed E-state index contributed by atoms with van der Waals surface area (Å²) in [5, 5.41) is 16.4. The molecule has 1 aromatic carbocycles. The van der Waals surface area contributed by atoms with Crippen LogP contribution in [0, 0.1) is 19.8 Å². The van der Waals surface area contributed by atoms with Gasteiger partial charge in [0.2, 0.25) is 0 Å². The molecule has 2 heterocycles. The summed E-state index contributed by atoms with van der Waals surface area (Å²) in [5.74, 6) is -0.523. The van der Waals surface area contributed by atoms with Crippen molar-refractivity contribution < 1.29 is 19.4 Å². The van der Waals surface area contributed by atoms with Crippen molar-refractivity contribution in [1.82, 2.24) is 15.1 Å². The molecule has 2 N–H and O–H groups in total. The van der Waals surface area contributed by atoms with Crippen molar-refractivity contribution in [2.75, 3.05) is 19.8 Å². The number of amides is 1. The van der Waals surface area contributed by atoms with E-state index in [0.717, 1.165) is 42.1 Å². The molecule has 1 amide bonds. The fourth-order valence-corrected chi connectivity index (χ4v) is 3.58. The van der Waals surface area contributed by atoms with Crippen molar-refractivity contribution >= 4 is 11.9 Å². The summed E-state index contributed by atoms with van der Waals surface area (Å²) in [5.41, 5.74) is 4.16. The summed E-state index contributed by atoms with van der Waals surface area (Å²) in [4.78, 5) is 23.2. The minimum Gasteiger partial charge on any atom is -0.481 e. The molecule has 1 saturated heterocycles. The Hall–Kier alpha value is -2.67. The normalized spacial score (nSPS) is 16.7. The second-order valence-corrected chi connectivity index (χ2v) is 7.29. The van der Waals surface area contributed by atoms with E-state index in [2.05, 4.69) is 10.4 Å². The van der Waals surface area contributed by atoms with E-state index in [1.165, 1.54) is 0 Å². The van der Waals surface area contributed by atoms with Gasteiger partial charge in [-0.1, -0.05) is 0 Å². The molecule has 0 aliphatic carbocycles. The molecule has 1 unspecified atom stereocenters. The van der Waals surface area contributed by atoms with Gasteiger partial charge in [0.05, 0.1) is 18.0 Å². The Balaban J connectivity index is 1.66. The lowest BCUT2D eigenvalue weighted by molar-refractivity contribution is -0.136. The van der Waals surface area contributed by atoms with Crippen molar-refractivity contribution in [2.45, 2.75) is 39.5 Å². The molecular formula is C21H27N3O4. The van der Waals surface area contributed by atoms with E-state index in [-0.39, 0.29) is 12.3 Å². The molecule has 28 heavy (non-hydrogen) atoms. The van der Waals surface area contributed by atoms with Gasteiger partial charge in [0.15, 0.2) is 0 Å². The molecule has 0 saturated carbocycles. The van der Waals surface area contributed by atoms with Crippen LogP contribution >= 0.6 is 0 Å². The first-order valence-electron chi connectivity index (χ1n) is 9.69. The second-order valence-electron chi connectivity index (χ2n) is 7.29. The molecule has 7 nitrogen and oxygen atoms in total. The van der Waals surface area contributed by atoms with E-state index < -0.39 is 5.97 Å². The molecule has 1 aliphatic rings. The second kappa shape index (κ2) is 9.01. The third-order valence-corrected chi connectivity index (χ3v) is 5.21. The summed E-state index contributed by atoms with van der Waals surface area (Å²) in [6.07, 6.45) is 2.67. The number of carbonyl (C=O) groups excluding carboxylic acids is 1. The lowest BCUT2D eigenvalue weighted by Gasteiger charge is -2.22. The number of rotatable bonds is 7. The van der Waals surface area contributed by atoms with Crippen LogP contribution in [-0.2, 0) is 16.0 Å². The van der Waals surface area contributed by atoms with Crippen LogP contribution in [0.3, 0.4) is 0 Å². The average molecular weight is 385 g/mol. The van der Waals surface area contributed by atoms with Crippen molar-refractivity contribution in [3.05, 3.63) is 46.8 Å². The standard InChI is InChI=1S/C21H27N3O4/c1-14-19(9-10-20(25)26)15(2)24(23-14)18-7-5-17(6-8-18)21(27)22-12-16-4-3-11-28-13-16/h5-8,16H,3-4,9-13H2,1-2H3,(H,22,27)(H,25,26). The number of hydrogen-bond donors (Lipinski definition) is 2. The van der Waals surface area contributed by atoms with Gasteiger partial charge in [-0.25, -0.2) is 4.68 Å². The summed E-state index contributed by atoms with van der Waals surface area (Å²) in [6.45, 7) is 5.98. The van der Waals surface area contributed by atoms with Gasteiger partial charge >= 0.3 is 5.97 Å². The number of carboxylic acid groups (broad SMARTS) is 1. The maximum atomic E-state index is 12.4. The summed E-state index contributed by atoms with van der Waals surface area (Å²) in [7, 11) is 0. The average Bonchev–Trinajstić information content (AvgIpc) is 2.99. The van der Waals surface area contributed by atoms with E-state index in [4.69, 9.17) is 9.84 Å². The Morgan fingerprint density at radius 2 is 2.04 bits per heavy atom. The summed E-state index contributed by atoms with van der Waals surface area (Å²) in [6, 6.07) is 7.29. The highest BCUT2D eigenvalue weighted by Crippen LogP contribution is 2.20. The van der Waals surface area contributed by atoms with Gasteiger partial charge in [-0.05, 0) is 68.9 Å². The lowest BCUT2D eigenvalue weighted by Crippen LogP contribution is -2.33. The predicted octanol–water partition coefficient (Wildman–Crippen LogP) is 2.66. The van der Waals surface area contributed by atoms with Gasteiger partial charge in [-0.2, -0.15) is 5.10 Å². The fourth-order valence-electron chi connectivity index (χ4n) is 3.58. The van der Waals surface area contributed by atoms with Gasteiger partial charge in [0.1, 0.15) is 0 Å². The van der Waals surface area contributed by atoms with Crippen LogP contribution in [0.15, 0.2) is 24.3 Å². The van der Waals surface area contributed by atoms with E-state index in [1.807, 2.05) is 26.0 Å². The maximum Gasteiger partial charge on any atom is 0.303 e. The largest absolute Gasteiger partial charge is 0.481 e. The number of aromatic nitrogens is 2. The van der Waals surface area contributed by atoms with Crippen molar-refractivity contribution in [3.8, 4) is 5.69 Å². The van der Waals surface area contributed by atoms with E-state index in [0.29, 0.717) is 31.1 Å². The molecule has 150 valence electrons. The molecule has 1 aliphatic heterocycles. The highest BCUT2D eigenvalue weighted by Gasteiger charge is 2.16. The van der Waals surface area contributed by atoms with Crippen LogP contribution < -0.4 is 5.32 Å². The minimum atomic E-state index is -0.818. The Labute approximate surface area is 164 Å². The van der Waals surface area contributed by atoms with Gasteiger partial charge in [-0.15, -0.1) is 0 Å². The van der Waals surface area contributed by atoms with Crippen LogP contribution in [0.25, 0.3) is 5.69 Å². The molecule has 7 heteroatoms. The number of benzene rings is 1. The Kier molecular flexibility index (Phi) is 6.46. The van der Waals surface area contributed by atoms with E-state index in [1.54, 1.807) is 16.8 Å². The first-order valence-corrected chi connectivity index (χ1v) is 9.69. The number of nitrogens with zero attached hydrogens (tertiary/aromatic N) is 2. The van der Waals surface area contributed by atoms with Crippen molar-refractivity contribution in [3.63, 3.8) is 0 Å². The molecule has 1 aromatic heterocycles. The molecule has 2 aromatic rings. The lowest BCUT2D eigenvalue weighted by atomic mass is 10.0. The molecule has 0 spiro atoms. The zero-order valence-electron chi connectivity index (χ0n) is 16.4. The first kappa shape index (κ1) is 20.1.